The van der Waals surface area contributed by atoms with Gasteiger partial charge in [-0.1, -0.05) is 24.3 Å². The number of benzene rings is 2. The maximum Gasteiger partial charge on any atom is 0.308 e. The van der Waals surface area contributed by atoms with Crippen LogP contribution in [0.15, 0.2) is 36.4 Å². The van der Waals surface area contributed by atoms with E-state index in [-0.39, 0.29) is 11.1 Å². The van der Waals surface area contributed by atoms with E-state index < -0.39 is 128 Å². The number of ether oxygens (including phenoxy) is 4. The number of carbonyl (C=O) groups excluding carboxylic acids is 6. The first-order valence-corrected chi connectivity index (χ1v) is 16.3. The van der Waals surface area contributed by atoms with Crippen LogP contribution in [0.25, 0.3) is 0 Å². The number of carbonyl (C=O) groups is 6. The highest BCUT2D eigenvalue weighted by atomic mass is 32.2. The molecule has 0 radical (unpaired) electrons. The van der Waals surface area contributed by atoms with Crippen molar-refractivity contribution in [1.82, 2.24) is 0 Å². The number of thioether (sulfide) groups is 1. The molecule has 260 valence electrons. The number of aromatic hydroxyl groups is 2. The van der Waals surface area contributed by atoms with Crippen LogP contribution in [-0.4, -0.2) is 115 Å². The molecule has 2 aromatic rings. The number of hydrogen-bond donors (Lipinski definition) is 4. The van der Waals surface area contributed by atoms with Crippen LogP contribution in [-0.2, 0) is 28.5 Å². The summed E-state index contributed by atoms with van der Waals surface area (Å²) in [5.74, 6) is -6.87. The Labute approximate surface area is 283 Å². The molecule has 2 aliphatic carbocycles. The number of phenols is 2. The van der Waals surface area contributed by atoms with Gasteiger partial charge in [0.1, 0.15) is 21.0 Å². The van der Waals surface area contributed by atoms with Crippen molar-refractivity contribution in [2.45, 2.75) is 84.6 Å². The second-order valence-electron chi connectivity index (χ2n) is 12.8. The van der Waals surface area contributed by atoms with Gasteiger partial charge in [0.2, 0.25) is 11.6 Å². The Bertz CT molecular complexity index is 1690. The van der Waals surface area contributed by atoms with Crippen LogP contribution >= 0.6 is 11.8 Å². The van der Waals surface area contributed by atoms with E-state index in [2.05, 4.69) is 0 Å². The Morgan fingerprint density at radius 1 is 0.714 bits per heavy atom. The summed E-state index contributed by atoms with van der Waals surface area (Å²) in [6.45, 7) is 2.57. The molecule has 2 fully saturated rings. The fraction of sp³-hybridized carbons (Fsp3) is 0.471. The minimum atomic E-state index is -2.86. The lowest BCUT2D eigenvalue weighted by Crippen LogP contribution is -2.79. The highest BCUT2D eigenvalue weighted by Gasteiger charge is 2.78. The Morgan fingerprint density at radius 3 is 1.43 bits per heavy atom. The molecule has 15 heteroatoms. The van der Waals surface area contributed by atoms with Crippen molar-refractivity contribution in [3.05, 3.63) is 58.7 Å². The standard InChI is InChI=1S/C34H34O14S/c1-15-33(43)29(41)25-19(7-5-9-21(25)35)27(39)31(33,13-17(47-15)11-23(37)45-3)49-32-14-18(12-24(38)46-4)48-16(2)34(32,44)30(42)26-20(28(32)40)8-6-10-22(26)36/h5-10,15-18,35-36,43-44H,11-14H2,1-4H3/t15-,16-,17-,18+,31+,32+,33-,34+/m1/s1. The predicted molar refractivity (Wildman–Crippen MR) is 168 cm³/mol. The highest BCUT2D eigenvalue weighted by Crippen LogP contribution is 2.64. The van der Waals surface area contributed by atoms with Crippen LogP contribution in [0.1, 0.15) is 81.0 Å². The zero-order valence-electron chi connectivity index (χ0n) is 26.9. The summed E-state index contributed by atoms with van der Waals surface area (Å²) in [5.41, 5.74) is -7.33. The van der Waals surface area contributed by atoms with E-state index in [0.717, 1.165) is 26.4 Å². The van der Waals surface area contributed by atoms with Gasteiger partial charge < -0.3 is 39.4 Å². The average Bonchev–Trinajstić information content (AvgIpc) is 3.06. The number of Topliss-reactive ketones (excluding diaryl/α,β-unsaturated/α-hetero) is 4. The highest BCUT2D eigenvalue weighted by molar-refractivity contribution is 8.03. The third-order valence-corrected chi connectivity index (χ3v) is 12.3. The molecule has 2 saturated heterocycles. The molecular formula is C34H34O14S. The van der Waals surface area contributed by atoms with Crippen LogP contribution in [0.3, 0.4) is 0 Å². The van der Waals surface area contributed by atoms with Crippen molar-refractivity contribution in [2.75, 3.05) is 14.2 Å². The SMILES string of the molecule is COC(=O)C[C@H]1C[C@]2(S[C@]34C[C@@H](CC(=O)OC)O[C@H](C)[C@@]3(O)C(=O)c3c(O)cccc3C4=O)C(=O)c3cccc(O)c3C(=O)[C@@]2(O)[C@@H](C)O1. The fourth-order valence-electron chi connectivity index (χ4n) is 7.91. The average molecular weight is 699 g/mol. The smallest absolute Gasteiger partial charge is 0.308 e. The largest absolute Gasteiger partial charge is 0.507 e. The van der Waals surface area contributed by atoms with Gasteiger partial charge in [0, 0.05) is 11.1 Å². The molecule has 6 rings (SSSR count). The second-order valence-corrected chi connectivity index (χ2v) is 14.4. The van der Waals surface area contributed by atoms with Gasteiger partial charge in [-0.05, 0) is 38.8 Å². The normalized spacial score (nSPS) is 35.1. The van der Waals surface area contributed by atoms with Crippen molar-refractivity contribution in [2.24, 2.45) is 0 Å². The molecule has 0 unspecified atom stereocenters. The van der Waals surface area contributed by atoms with Crippen molar-refractivity contribution < 1.29 is 68.1 Å². The van der Waals surface area contributed by atoms with Gasteiger partial charge >= 0.3 is 11.9 Å². The van der Waals surface area contributed by atoms with Gasteiger partial charge in [-0.2, -0.15) is 0 Å². The molecule has 0 aromatic heterocycles. The van der Waals surface area contributed by atoms with Crippen molar-refractivity contribution >= 4 is 46.8 Å². The summed E-state index contributed by atoms with van der Waals surface area (Å²) >= 11 is 0.381. The molecule has 0 bridgehead atoms. The summed E-state index contributed by atoms with van der Waals surface area (Å²) in [6.07, 6.45) is -7.60. The maximum atomic E-state index is 15.0. The van der Waals surface area contributed by atoms with Gasteiger partial charge in [-0.3, -0.25) is 28.8 Å². The summed E-state index contributed by atoms with van der Waals surface area (Å²) in [5, 5.41) is 46.8. The maximum absolute atomic E-state index is 15.0. The van der Waals surface area contributed by atoms with Crippen LogP contribution in [0.5, 0.6) is 11.5 Å². The minimum absolute atomic E-state index is 0.313. The number of aliphatic hydroxyl groups is 2. The molecule has 4 aliphatic rings. The van der Waals surface area contributed by atoms with E-state index in [4.69, 9.17) is 18.9 Å². The topological polar surface area (TPSA) is 220 Å². The zero-order chi connectivity index (χ0) is 35.8. The molecule has 49 heavy (non-hydrogen) atoms. The van der Waals surface area contributed by atoms with Gasteiger partial charge in [-0.15, -0.1) is 11.8 Å². The van der Waals surface area contributed by atoms with Crippen molar-refractivity contribution in [1.29, 1.82) is 0 Å². The molecule has 14 nitrogen and oxygen atoms in total. The van der Waals surface area contributed by atoms with Crippen molar-refractivity contribution in [3.63, 3.8) is 0 Å². The van der Waals surface area contributed by atoms with E-state index in [1.165, 1.54) is 38.1 Å². The van der Waals surface area contributed by atoms with Gasteiger partial charge in [-0.25, -0.2) is 0 Å². The molecule has 8 atom stereocenters. The van der Waals surface area contributed by atoms with E-state index >= 15 is 9.59 Å². The van der Waals surface area contributed by atoms with Crippen molar-refractivity contribution in [3.8, 4) is 11.5 Å². The quantitative estimate of drug-likeness (QED) is 0.316. The van der Waals surface area contributed by atoms with Crippen LogP contribution in [0.4, 0.5) is 0 Å². The van der Waals surface area contributed by atoms with Gasteiger partial charge in [0.15, 0.2) is 22.8 Å². The molecule has 0 spiro atoms. The van der Waals surface area contributed by atoms with Gasteiger partial charge in [0.25, 0.3) is 0 Å². The summed E-state index contributed by atoms with van der Waals surface area (Å²) in [6, 6.07) is 7.44. The lowest BCUT2D eigenvalue weighted by Gasteiger charge is -2.61. The number of esters is 2. The predicted octanol–water partition coefficient (Wildman–Crippen LogP) is 1.71. The Hall–Kier alpha value is -4.15. The zero-order valence-corrected chi connectivity index (χ0v) is 27.7. The molecule has 4 N–H and O–H groups in total. The number of methoxy groups -OCH3 is 2. The Kier molecular flexibility index (Phi) is 8.31. The molecule has 0 saturated carbocycles. The second kappa shape index (κ2) is 11.7. The number of rotatable bonds is 6. The van der Waals surface area contributed by atoms with Crippen LogP contribution in [0, 0.1) is 0 Å². The number of phenolic OH excluding ortho intramolecular Hbond substituents is 2. The van der Waals surface area contributed by atoms with E-state index in [1.807, 2.05) is 0 Å². The lowest BCUT2D eigenvalue weighted by molar-refractivity contribution is -0.173. The molecular weight excluding hydrogens is 664 g/mol. The third kappa shape index (κ3) is 4.55. The minimum Gasteiger partial charge on any atom is -0.507 e. The van der Waals surface area contributed by atoms with Gasteiger partial charge in [0.05, 0.1) is 62.6 Å². The Morgan fingerprint density at radius 2 is 1.08 bits per heavy atom. The third-order valence-electron chi connectivity index (χ3n) is 10.3. The first-order valence-electron chi connectivity index (χ1n) is 15.5. The number of hydrogen-bond acceptors (Lipinski definition) is 15. The van der Waals surface area contributed by atoms with Crippen LogP contribution in [0.2, 0.25) is 0 Å². The van der Waals surface area contributed by atoms with E-state index in [0.29, 0.717) is 11.8 Å². The lowest BCUT2D eigenvalue weighted by atomic mass is 9.63. The summed E-state index contributed by atoms with van der Waals surface area (Å²) in [4.78, 5) is 83.9. The number of ketones is 4. The molecule has 0 amide bonds. The summed E-state index contributed by atoms with van der Waals surface area (Å²) in [7, 11) is 2.26. The first kappa shape index (κ1) is 34.7. The fourth-order valence-corrected chi connectivity index (χ4v) is 10.3. The van der Waals surface area contributed by atoms with E-state index in [9.17, 15) is 39.6 Å². The van der Waals surface area contributed by atoms with Crippen LogP contribution < -0.4 is 0 Å². The molecule has 2 aliphatic heterocycles. The Balaban J connectivity index is 1.66. The van der Waals surface area contributed by atoms with E-state index in [1.54, 1.807) is 0 Å². The molecule has 2 heterocycles. The molecule has 2 aromatic carbocycles. The monoisotopic (exact) mass is 698 g/mol. The number of fused-ring (bicyclic) bond motifs is 4. The first-order chi connectivity index (χ1) is 23.0. The summed E-state index contributed by atoms with van der Waals surface area (Å²) < 4.78 is 16.6.